The van der Waals surface area contributed by atoms with Crippen molar-refractivity contribution >= 4 is 29.3 Å². The smallest absolute Gasteiger partial charge is 0.255 e. The van der Waals surface area contributed by atoms with Crippen LogP contribution in [0.2, 0.25) is 0 Å². The molecule has 0 aliphatic carbocycles. The Morgan fingerprint density at radius 1 is 1.06 bits per heavy atom. The maximum absolute atomic E-state index is 12.9. The van der Waals surface area contributed by atoms with Gasteiger partial charge in [-0.15, -0.1) is 0 Å². The lowest BCUT2D eigenvalue weighted by molar-refractivity contribution is -0.137. The number of carbonyl (C=O) groups excluding carboxylic acids is 4. The second-order valence-electron chi connectivity index (χ2n) is 10.9. The number of hydrogen-bond donors (Lipinski definition) is 1. The zero-order chi connectivity index (χ0) is 24.9. The fourth-order valence-electron chi connectivity index (χ4n) is 6.30. The van der Waals surface area contributed by atoms with E-state index in [4.69, 9.17) is 4.74 Å². The van der Waals surface area contributed by atoms with Crippen molar-refractivity contribution in [2.45, 2.75) is 38.3 Å². The Bertz CT molecular complexity index is 1080. The van der Waals surface area contributed by atoms with Crippen molar-refractivity contribution in [3.8, 4) is 0 Å². The molecule has 1 atom stereocenters. The van der Waals surface area contributed by atoms with Crippen molar-refractivity contribution in [1.29, 1.82) is 0 Å². The van der Waals surface area contributed by atoms with E-state index in [2.05, 4.69) is 21.2 Å². The van der Waals surface area contributed by atoms with Gasteiger partial charge in [-0.3, -0.25) is 29.4 Å². The molecular weight excluding hydrogens is 462 g/mol. The number of anilines is 1. The molecule has 1 aromatic carbocycles. The van der Waals surface area contributed by atoms with Crippen LogP contribution in [-0.2, 0) is 25.7 Å². The van der Waals surface area contributed by atoms with Gasteiger partial charge in [0.1, 0.15) is 6.04 Å². The highest BCUT2D eigenvalue weighted by atomic mass is 16.5. The van der Waals surface area contributed by atoms with Gasteiger partial charge in [-0.2, -0.15) is 0 Å². The van der Waals surface area contributed by atoms with Gasteiger partial charge in [-0.05, 0) is 43.0 Å². The molecule has 36 heavy (non-hydrogen) atoms. The SMILES string of the molecule is O=C1CCC(N2Cc3cc(N4CC5(CCN(C(=O)CN6CCOCC6)CC5)C4)ccc3C2=O)C(=O)N1. The average Bonchev–Trinajstić information content (AvgIpc) is 3.18. The molecule has 0 bridgehead atoms. The molecule has 192 valence electrons. The molecule has 6 rings (SSSR count). The molecule has 10 nitrogen and oxygen atoms in total. The molecule has 1 unspecified atom stereocenters. The highest BCUT2D eigenvalue weighted by molar-refractivity contribution is 6.05. The molecule has 4 saturated heterocycles. The van der Waals surface area contributed by atoms with Crippen molar-refractivity contribution in [1.82, 2.24) is 20.0 Å². The van der Waals surface area contributed by atoms with Crippen LogP contribution in [0.1, 0.15) is 41.6 Å². The van der Waals surface area contributed by atoms with Crippen molar-refractivity contribution in [3.63, 3.8) is 0 Å². The average molecular weight is 496 g/mol. The number of benzene rings is 1. The zero-order valence-electron chi connectivity index (χ0n) is 20.5. The van der Waals surface area contributed by atoms with E-state index in [1.807, 2.05) is 17.0 Å². The third kappa shape index (κ3) is 4.26. The van der Waals surface area contributed by atoms with Crippen LogP contribution in [0.5, 0.6) is 0 Å². The monoisotopic (exact) mass is 495 g/mol. The summed E-state index contributed by atoms with van der Waals surface area (Å²) in [6.07, 6.45) is 2.67. The Kier molecular flexibility index (Phi) is 5.95. The minimum atomic E-state index is -0.588. The number of carbonyl (C=O) groups is 4. The van der Waals surface area contributed by atoms with Crippen LogP contribution in [-0.4, -0.2) is 103 Å². The topological polar surface area (TPSA) is 102 Å². The van der Waals surface area contributed by atoms with Crippen molar-refractivity contribution < 1.29 is 23.9 Å². The number of amides is 4. The standard InChI is InChI=1S/C26H33N5O5/c32-22-4-3-21(24(34)27-22)31-14-18-13-19(1-2-20(18)25(31)35)30-16-26(17-30)5-7-29(8-6-26)23(33)15-28-9-11-36-12-10-28/h1-2,13,21H,3-12,14-17H2,(H,27,32,34). The van der Waals surface area contributed by atoms with E-state index >= 15 is 0 Å². The normalized spacial score (nSPS) is 26.2. The molecule has 4 fully saturated rings. The molecule has 0 radical (unpaired) electrons. The van der Waals surface area contributed by atoms with Crippen molar-refractivity contribution in [3.05, 3.63) is 29.3 Å². The lowest BCUT2D eigenvalue weighted by atomic mass is 9.71. The number of imide groups is 1. The second-order valence-corrected chi connectivity index (χ2v) is 10.9. The predicted octanol–water partition coefficient (Wildman–Crippen LogP) is 0.209. The first-order valence-electron chi connectivity index (χ1n) is 13.0. The van der Waals surface area contributed by atoms with Crippen LogP contribution in [0.25, 0.3) is 0 Å². The van der Waals surface area contributed by atoms with Gasteiger partial charge in [-0.25, -0.2) is 0 Å². The lowest BCUT2D eigenvalue weighted by Crippen LogP contribution is -2.61. The van der Waals surface area contributed by atoms with Crippen LogP contribution < -0.4 is 10.2 Å². The summed E-state index contributed by atoms with van der Waals surface area (Å²) < 4.78 is 5.38. The Hall–Kier alpha value is -2.98. The summed E-state index contributed by atoms with van der Waals surface area (Å²) in [6, 6.07) is 5.36. The Balaban J connectivity index is 1.03. The quantitative estimate of drug-likeness (QED) is 0.596. The maximum Gasteiger partial charge on any atom is 0.255 e. The third-order valence-electron chi connectivity index (χ3n) is 8.56. The maximum atomic E-state index is 12.9. The highest BCUT2D eigenvalue weighted by Crippen LogP contribution is 2.43. The van der Waals surface area contributed by atoms with Crippen LogP contribution in [0.3, 0.4) is 0 Å². The van der Waals surface area contributed by atoms with E-state index in [-0.39, 0.29) is 35.5 Å². The minimum absolute atomic E-state index is 0.139. The Morgan fingerprint density at radius 2 is 1.81 bits per heavy atom. The van der Waals surface area contributed by atoms with Crippen LogP contribution in [0.15, 0.2) is 18.2 Å². The number of fused-ring (bicyclic) bond motifs is 1. The van der Waals surface area contributed by atoms with Gasteiger partial charge >= 0.3 is 0 Å². The largest absolute Gasteiger partial charge is 0.379 e. The Labute approximate surface area is 210 Å². The summed E-state index contributed by atoms with van der Waals surface area (Å²) in [5.41, 5.74) is 2.93. The van der Waals surface area contributed by atoms with Crippen molar-refractivity contribution in [2.24, 2.45) is 5.41 Å². The Morgan fingerprint density at radius 3 is 2.53 bits per heavy atom. The van der Waals surface area contributed by atoms with Gasteiger partial charge in [0.25, 0.3) is 5.91 Å². The third-order valence-corrected chi connectivity index (χ3v) is 8.56. The summed E-state index contributed by atoms with van der Waals surface area (Å²) in [5.74, 6) is -0.569. The summed E-state index contributed by atoms with van der Waals surface area (Å²) in [5, 5.41) is 2.35. The second kappa shape index (κ2) is 9.15. The van der Waals surface area contributed by atoms with E-state index in [0.717, 1.165) is 63.4 Å². The van der Waals surface area contributed by atoms with E-state index in [1.54, 1.807) is 4.90 Å². The first-order chi connectivity index (χ1) is 17.4. The van der Waals surface area contributed by atoms with E-state index in [9.17, 15) is 19.2 Å². The summed E-state index contributed by atoms with van der Waals surface area (Å²) >= 11 is 0. The van der Waals surface area contributed by atoms with E-state index in [1.165, 1.54) is 0 Å². The molecule has 5 heterocycles. The van der Waals surface area contributed by atoms with Crippen LogP contribution in [0.4, 0.5) is 5.69 Å². The van der Waals surface area contributed by atoms with Gasteiger partial charge in [0.2, 0.25) is 17.7 Å². The number of morpholine rings is 1. The zero-order valence-corrected chi connectivity index (χ0v) is 20.5. The fourth-order valence-corrected chi connectivity index (χ4v) is 6.30. The molecule has 0 saturated carbocycles. The summed E-state index contributed by atoms with van der Waals surface area (Å²) in [4.78, 5) is 57.6. The molecule has 5 aliphatic heterocycles. The molecule has 1 N–H and O–H groups in total. The fraction of sp³-hybridized carbons (Fsp3) is 0.615. The van der Waals surface area contributed by atoms with E-state index in [0.29, 0.717) is 38.3 Å². The molecule has 10 heteroatoms. The molecule has 1 spiro atoms. The molecule has 4 amide bonds. The molecule has 0 aromatic heterocycles. The first kappa shape index (κ1) is 23.4. The molecule has 1 aromatic rings. The van der Waals surface area contributed by atoms with Gasteiger partial charge in [0.05, 0.1) is 19.8 Å². The first-order valence-corrected chi connectivity index (χ1v) is 13.0. The summed E-state index contributed by atoms with van der Waals surface area (Å²) in [7, 11) is 0. The number of nitrogens with one attached hydrogen (secondary N) is 1. The number of ether oxygens (including phenoxy) is 1. The number of piperidine rings is 2. The van der Waals surface area contributed by atoms with Gasteiger partial charge in [-0.1, -0.05) is 0 Å². The van der Waals surface area contributed by atoms with Gasteiger partial charge in [0.15, 0.2) is 0 Å². The van der Waals surface area contributed by atoms with Crippen molar-refractivity contribution in [2.75, 3.05) is 63.9 Å². The number of hydrogen-bond acceptors (Lipinski definition) is 7. The minimum Gasteiger partial charge on any atom is -0.379 e. The highest BCUT2D eigenvalue weighted by Gasteiger charge is 2.46. The van der Waals surface area contributed by atoms with Crippen LogP contribution in [0, 0.1) is 5.41 Å². The molecular formula is C26H33N5O5. The predicted molar refractivity (Wildman–Crippen MR) is 130 cm³/mol. The summed E-state index contributed by atoms with van der Waals surface area (Å²) in [6.45, 7) is 7.51. The van der Waals surface area contributed by atoms with E-state index < -0.39 is 6.04 Å². The lowest BCUT2D eigenvalue weighted by Gasteiger charge is -2.55. The van der Waals surface area contributed by atoms with Gasteiger partial charge < -0.3 is 19.4 Å². The number of rotatable bonds is 4. The number of likely N-dealkylation sites (tertiary alicyclic amines) is 1. The number of nitrogens with zero attached hydrogens (tertiary/aromatic N) is 4. The van der Waals surface area contributed by atoms with Gasteiger partial charge in [0, 0.05) is 68.9 Å². The molecule has 5 aliphatic rings. The van der Waals surface area contributed by atoms with Crippen LogP contribution >= 0.6 is 0 Å².